The quantitative estimate of drug-likeness (QED) is 0.601. The molecule has 0 saturated carbocycles. The van der Waals surface area contributed by atoms with Crippen molar-refractivity contribution in [1.82, 2.24) is 19.5 Å². The van der Waals surface area contributed by atoms with Gasteiger partial charge in [0.2, 0.25) is 0 Å². The van der Waals surface area contributed by atoms with Crippen LogP contribution in [0.15, 0.2) is 12.7 Å². The van der Waals surface area contributed by atoms with Gasteiger partial charge in [-0.05, 0) is 6.90 Å². The smallest absolute Gasteiger partial charge is 0.167 e. The summed E-state index contributed by atoms with van der Waals surface area (Å²) in [7, 11) is 0. The molecule has 8 heteroatoms. The van der Waals surface area contributed by atoms with Crippen molar-refractivity contribution in [3.05, 3.63) is 12.7 Å². The van der Waals surface area contributed by atoms with Gasteiger partial charge in [0.15, 0.2) is 17.7 Å². The summed E-state index contributed by atoms with van der Waals surface area (Å²) in [5.41, 5.74) is 5.58. The Kier molecular flexibility index (Phi) is 1.50. The first-order valence-corrected chi connectivity index (χ1v) is 4.90. The highest BCUT2D eigenvalue weighted by Gasteiger charge is 2.41. The van der Waals surface area contributed by atoms with Gasteiger partial charge in [0.1, 0.15) is 24.0 Å². The summed E-state index contributed by atoms with van der Waals surface area (Å²) in [6.45, 7) is -0.988. The molecule has 1 aliphatic rings. The molecule has 4 N–H and O–H groups in total. The minimum atomic E-state index is -3.32. The van der Waals surface area contributed by atoms with Crippen molar-refractivity contribution in [3.63, 3.8) is 0 Å². The van der Waals surface area contributed by atoms with E-state index < -0.39 is 31.3 Å². The molecule has 0 unspecified atom stereocenters. The molecule has 0 bridgehead atoms. The standard InChI is InChI=1S/C10H13N5O3/c1-4-6(16)7(17)10(18-4)15-3-14-5-8(11)12-2-13-9(5)15/h2-4,6-7,10,16-17H,1H3,(H2,11,12,13)/t4-,6-,7-,10-/m1/s1/i1D,4D,6D,7D,10D. The van der Waals surface area contributed by atoms with E-state index in [1.807, 2.05) is 0 Å². The number of nitrogens with two attached hydrogens (primary N) is 1. The summed E-state index contributed by atoms with van der Waals surface area (Å²) >= 11 is 0. The fourth-order valence-electron chi connectivity index (χ4n) is 1.61. The number of hydrogen-bond acceptors (Lipinski definition) is 7. The van der Waals surface area contributed by atoms with E-state index in [9.17, 15) is 10.2 Å². The third-order valence-electron chi connectivity index (χ3n) is 2.49. The van der Waals surface area contributed by atoms with E-state index in [1.54, 1.807) is 0 Å². The van der Waals surface area contributed by atoms with Crippen LogP contribution >= 0.6 is 0 Å². The molecule has 2 aromatic heterocycles. The fraction of sp³-hybridized carbons (Fsp3) is 0.500. The molecule has 0 aliphatic carbocycles. The fourth-order valence-corrected chi connectivity index (χ4v) is 1.61. The lowest BCUT2D eigenvalue weighted by atomic mass is 10.1. The third kappa shape index (κ3) is 1.47. The van der Waals surface area contributed by atoms with Crippen LogP contribution in [0.3, 0.4) is 0 Å². The van der Waals surface area contributed by atoms with Crippen LogP contribution in [-0.2, 0) is 4.74 Å². The Bertz CT molecular complexity index is 785. The van der Waals surface area contributed by atoms with Gasteiger partial charge in [-0.2, -0.15) is 0 Å². The zero-order chi connectivity index (χ0) is 17.3. The van der Waals surface area contributed by atoms with Gasteiger partial charge in [-0.15, -0.1) is 0 Å². The number of imidazole rings is 1. The first-order chi connectivity index (χ1) is 10.5. The van der Waals surface area contributed by atoms with Gasteiger partial charge in [-0.3, -0.25) is 4.57 Å². The molecule has 0 aromatic carbocycles. The van der Waals surface area contributed by atoms with E-state index in [-0.39, 0.29) is 17.0 Å². The normalized spacial score (nSPS) is 52.4. The highest BCUT2D eigenvalue weighted by atomic mass is 16.6. The second-order valence-electron chi connectivity index (χ2n) is 3.57. The lowest BCUT2D eigenvalue weighted by Gasteiger charge is -2.16. The van der Waals surface area contributed by atoms with E-state index in [0.29, 0.717) is 0 Å². The number of hydrogen-bond donors (Lipinski definition) is 3. The van der Waals surface area contributed by atoms with Crippen molar-refractivity contribution < 1.29 is 21.8 Å². The van der Waals surface area contributed by atoms with Crippen LogP contribution in [0.1, 0.15) is 20.0 Å². The second kappa shape index (κ2) is 3.87. The largest absolute Gasteiger partial charge is 0.388 e. The Hall–Kier alpha value is -1.77. The topological polar surface area (TPSA) is 119 Å². The molecule has 0 amide bonds. The molecule has 1 fully saturated rings. The van der Waals surface area contributed by atoms with Crippen LogP contribution in [0.4, 0.5) is 5.82 Å². The number of nitrogen functional groups attached to an aromatic ring is 1. The molecular formula is C10H13N5O3. The van der Waals surface area contributed by atoms with E-state index in [0.717, 1.165) is 17.2 Å². The van der Waals surface area contributed by atoms with E-state index >= 15 is 0 Å². The SMILES string of the molecule is [2H]C[C@@]1([2H])O[C@@]([2H])(n2cnc3c(N)ncnc32)[C@]([2H])(O)[C@]1([2H])O. The molecule has 1 saturated heterocycles. The maximum absolute atomic E-state index is 10.3. The molecule has 1 aliphatic heterocycles. The monoisotopic (exact) mass is 256 g/mol. The van der Waals surface area contributed by atoms with Crippen molar-refractivity contribution in [1.29, 1.82) is 0 Å². The van der Waals surface area contributed by atoms with Crippen LogP contribution in [0.5, 0.6) is 0 Å². The minimum Gasteiger partial charge on any atom is -0.388 e. The summed E-state index contributed by atoms with van der Waals surface area (Å²) in [5, 5.41) is 20.4. The Morgan fingerprint density at radius 3 is 3.00 bits per heavy atom. The van der Waals surface area contributed by atoms with Crippen LogP contribution in [0.25, 0.3) is 11.2 Å². The predicted molar refractivity (Wildman–Crippen MR) is 61.3 cm³/mol. The first kappa shape index (κ1) is 6.98. The Balaban J connectivity index is 2.27. The lowest BCUT2D eigenvalue weighted by molar-refractivity contribution is -0.0299. The molecule has 3 rings (SSSR count). The number of aliphatic hydroxyl groups is 2. The molecule has 96 valence electrons. The first-order valence-electron chi connectivity index (χ1n) is 7.61. The van der Waals surface area contributed by atoms with Gasteiger partial charge in [-0.1, -0.05) is 0 Å². The van der Waals surface area contributed by atoms with E-state index in [4.69, 9.17) is 17.3 Å². The Labute approximate surface area is 109 Å². The Morgan fingerprint density at radius 1 is 1.44 bits per heavy atom. The number of nitrogens with zero attached hydrogens (tertiary/aromatic N) is 4. The average molecular weight is 256 g/mol. The predicted octanol–water partition coefficient (Wildman–Crippen LogP) is -0.952. The average Bonchev–Trinajstić information content (AvgIpc) is 2.95. The number of fused-ring (bicyclic) bond motifs is 1. The number of aromatic nitrogens is 4. The van der Waals surface area contributed by atoms with Crippen LogP contribution in [0.2, 0.25) is 0 Å². The van der Waals surface area contributed by atoms with Crippen LogP contribution in [-0.4, -0.2) is 48.0 Å². The summed E-state index contributed by atoms with van der Waals surface area (Å²) in [6.07, 6.45) is -10.2. The molecule has 18 heavy (non-hydrogen) atoms. The second-order valence-corrected chi connectivity index (χ2v) is 3.57. The molecular weight excluding hydrogens is 238 g/mol. The molecule has 2 aromatic rings. The van der Waals surface area contributed by atoms with Crippen molar-refractivity contribution in [3.8, 4) is 0 Å². The zero-order valence-corrected chi connectivity index (χ0v) is 9.03. The summed E-state index contributed by atoms with van der Waals surface area (Å²) in [5.74, 6) is -0.0253. The van der Waals surface area contributed by atoms with Crippen LogP contribution in [0, 0.1) is 0 Å². The maximum Gasteiger partial charge on any atom is 0.167 e. The van der Waals surface area contributed by atoms with Crippen molar-refractivity contribution >= 4 is 17.0 Å². The van der Waals surface area contributed by atoms with Gasteiger partial charge in [0.25, 0.3) is 0 Å². The molecule has 8 nitrogen and oxygen atoms in total. The maximum atomic E-state index is 10.3. The minimum absolute atomic E-state index is 0.0253. The van der Waals surface area contributed by atoms with Gasteiger partial charge < -0.3 is 20.7 Å². The summed E-state index contributed by atoms with van der Waals surface area (Å²) in [4.78, 5) is 11.4. The summed E-state index contributed by atoms with van der Waals surface area (Å²) < 4.78 is 44.8. The molecule has 0 spiro atoms. The third-order valence-corrected chi connectivity index (χ3v) is 2.49. The molecule has 3 heterocycles. The van der Waals surface area contributed by atoms with Crippen molar-refractivity contribution in [2.24, 2.45) is 0 Å². The highest BCUT2D eigenvalue weighted by molar-refractivity contribution is 5.81. The number of ether oxygens (including phenoxy) is 1. The molecule has 4 atom stereocenters. The van der Waals surface area contributed by atoms with Gasteiger partial charge in [0.05, 0.1) is 17.9 Å². The number of rotatable bonds is 1. The van der Waals surface area contributed by atoms with Crippen LogP contribution < -0.4 is 5.73 Å². The summed E-state index contributed by atoms with van der Waals surface area (Å²) in [6, 6.07) is 0. The number of anilines is 1. The Morgan fingerprint density at radius 2 is 2.28 bits per heavy atom. The van der Waals surface area contributed by atoms with E-state index in [1.165, 1.54) is 0 Å². The van der Waals surface area contributed by atoms with E-state index in [2.05, 4.69) is 15.0 Å². The lowest BCUT2D eigenvalue weighted by Crippen LogP contribution is -2.30. The highest BCUT2D eigenvalue weighted by Crippen LogP contribution is 2.31. The van der Waals surface area contributed by atoms with Gasteiger partial charge in [0, 0.05) is 1.37 Å². The van der Waals surface area contributed by atoms with Gasteiger partial charge >= 0.3 is 0 Å². The van der Waals surface area contributed by atoms with Crippen molar-refractivity contribution in [2.75, 3.05) is 5.73 Å². The van der Waals surface area contributed by atoms with Gasteiger partial charge in [-0.25, -0.2) is 15.0 Å². The molecule has 0 radical (unpaired) electrons. The van der Waals surface area contributed by atoms with Crippen molar-refractivity contribution in [2.45, 2.75) is 31.3 Å². The zero-order valence-electron chi connectivity index (χ0n) is 14.0.